The number of hydrogen-bond acceptors (Lipinski definition) is 4. The van der Waals surface area contributed by atoms with Gasteiger partial charge in [0, 0.05) is 23.2 Å². The number of carbonyl (C=O) groups is 1. The summed E-state index contributed by atoms with van der Waals surface area (Å²) in [7, 11) is -3.23. The molecule has 0 spiro atoms. The van der Waals surface area contributed by atoms with Crippen molar-refractivity contribution in [2.24, 2.45) is 0 Å². The number of nitrogens with one attached hydrogen (secondary N) is 2. The van der Waals surface area contributed by atoms with E-state index in [1.807, 2.05) is 0 Å². The number of sulfonamides is 1. The van der Waals surface area contributed by atoms with Crippen molar-refractivity contribution >= 4 is 37.5 Å². The molecule has 1 aromatic rings. The lowest BCUT2D eigenvalue weighted by Gasteiger charge is -2.07. The maximum atomic E-state index is 11.8. The van der Waals surface area contributed by atoms with Crippen LogP contribution in [0.2, 0.25) is 0 Å². The van der Waals surface area contributed by atoms with Crippen molar-refractivity contribution in [2.45, 2.75) is 0 Å². The Bertz CT molecular complexity index is 545. The zero-order valence-corrected chi connectivity index (χ0v) is 12.1. The Labute approximate surface area is 114 Å². The number of benzene rings is 1. The fraction of sp³-hybridized carbons (Fsp3) is 0.300. The number of anilines is 1. The summed E-state index contributed by atoms with van der Waals surface area (Å²) in [4.78, 5) is 11.8. The molecule has 4 N–H and O–H groups in total. The van der Waals surface area contributed by atoms with Crippen LogP contribution in [0.5, 0.6) is 0 Å². The third-order valence-electron chi connectivity index (χ3n) is 2.01. The molecule has 0 fully saturated rings. The number of carbonyl (C=O) groups excluding carboxylic acids is 1. The monoisotopic (exact) mass is 335 g/mol. The Hall–Kier alpha value is -1.12. The smallest absolute Gasteiger partial charge is 0.252 e. The predicted molar refractivity (Wildman–Crippen MR) is 73.7 cm³/mol. The van der Waals surface area contributed by atoms with Gasteiger partial charge in [-0.05, 0) is 34.1 Å². The van der Waals surface area contributed by atoms with Crippen LogP contribution in [-0.2, 0) is 10.0 Å². The topological polar surface area (TPSA) is 101 Å². The van der Waals surface area contributed by atoms with E-state index in [9.17, 15) is 13.2 Å². The summed E-state index contributed by atoms with van der Waals surface area (Å²) < 4.78 is 24.5. The van der Waals surface area contributed by atoms with Crippen molar-refractivity contribution in [1.29, 1.82) is 0 Å². The zero-order chi connectivity index (χ0) is 13.8. The molecular formula is C10H14BrN3O3S. The summed E-state index contributed by atoms with van der Waals surface area (Å²) in [6.07, 6.45) is 1.06. The van der Waals surface area contributed by atoms with E-state index in [1.54, 1.807) is 18.2 Å². The highest BCUT2D eigenvalue weighted by atomic mass is 79.9. The van der Waals surface area contributed by atoms with Crippen molar-refractivity contribution < 1.29 is 13.2 Å². The SMILES string of the molecule is CS(=O)(=O)NCCNC(=O)c1cc(N)ccc1Br. The first-order valence-corrected chi connectivity index (χ1v) is 7.76. The number of nitrogens with two attached hydrogens (primary N) is 1. The first kappa shape index (κ1) is 14.9. The van der Waals surface area contributed by atoms with Crippen LogP contribution in [0, 0.1) is 0 Å². The van der Waals surface area contributed by atoms with Gasteiger partial charge in [0.15, 0.2) is 0 Å². The molecule has 100 valence electrons. The van der Waals surface area contributed by atoms with Gasteiger partial charge in [-0.15, -0.1) is 0 Å². The van der Waals surface area contributed by atoms with E-state index in [-0.39, 0.29) is 19.0 Å². The second-order valence-corrected chi connectivity index (χ2v) is 6.35. The highest BCUT2D eigenvalue weighted by molar-refractivity contribution is 9.10. The molecule has 0 atom stereocenters. The van der Waals surface area contributed by atoms with Crippen LogP contribution in [0.4, 0.5) is 5.69 Å². The van der Waals surface area contributed by atoms with E-state index < -0.39 is 10.0 Å². The van der Waals surface area contributed by atoms with E-state index in [2.05, 4.69) is 26.0 Å². The summed E-state index contributed by atoms with van der Waals surface area (Å²) in [5.74, 6) is -0.315. The van der Waals surface area contributed by atoms with Crippen LogP contribution in [0.15, 0.2) is 22.7 Å². The van der Waals surface area contributed by atoms with Crippen molar-refractivity contribution in [3.05, 3.63) is 28.2 Å². The van der Waals surface area contributed by atoms with Gasteiger partial charge in [-0.25, -0.2) is 13.1 Å². The minimum atomic E-state index is -3.23. The van der Waals surface area contributed by atoms with Gasteiger partial charge in [0.1, 0.15) is 0 Å². The van der Waals surface area contributed by atoms with E-state index in [0.717, 1.165) is 6.26 Å². The zero-order valence-electron chi connectivity index (χ0n) is 9.73. The Morgan fingerprint density at radius 3 is 2.67 bits per heavy atom. The van der Waals surface area contributed by atoms with E-state index in [0.29, 0.717) is 15.7 Å². The summed E-state index contributed by atoms with van der Waals surface area (Å²) in [6, 6.07) is 4.90. The average Bonchev–Trinajstić information content (AvgIpc) is 2.26. The van der Waals surface area contributed by atoms with E-state index in [4.69, 9.17) is 5.73 Å². The summed E-state index contributed by atoms with van der Waals surface area (Å²) in [6.45, 7) is 0.345. The maximum Gasteiger partial charge on any atom is 0.252 e. The molecule has 0 bridgehead atoms. The number of nitrogen functional groups attached to an aromatic ring is 1. The molecule has 0 aromatic heterocycles. The van der Waals surface area contributed by atoms with Crippen LogP contribution < -0.4 is 15.8 Å². The van der Waals surface area contributed by atoms with Crippen LogP contribution in [-0.4, -0.2) is 33.7 Å². The van der Waals surface area contributed by atoms with Crippen LogP contribution in [0.1, 0.15) is 10.4 Å². The summed E-state index contributed by atoms with van der Waals surface area (Å²) >= 11 is 3.24. The largest absolute Gasteiger partial charge is 0.399 e. The summed E-state index contributed by atoms with van der Waals surface area (Å²) in [5.41, 5.74) is 6.48. The fourth-order valence-corrected chi connectivity index (χ4v) is 2.12. The van der Waals surface area contributed by atoms with Gasteiger partial charge < -0.3 is 11.1 Å². The molecule has 0 saturated carbocycles. The number of hydrogen-bond donors (Lipinski definition) is 3. The molecule has 8 heteroatoms. The van der Waals surface area contributed by atoms with E-state index >= 15 is 0 Å². The molecule has 0 radical (unpaired) electrons. The third kappa shape index (κ3) is 5.03. The van der Waals surface area contributed by atoms with Gasteiger partial charge in [-0.3, -0.25) is 4.79 Å². The van der Waals surface area contributed by atoms with Crippen molar-refractivity contribution in [1.82, 2.24) is 10.0 Å². The van der Waals surface area contributed by atoms with Crippen molar-refractivity contribution in [2.75, 3.05) is 25.1 Å². The van der Waals surface area contributed by atoms with Gasteiger partial charge in [-0.1, -0.05) is 0 Å². The predicted octanol–water partition coefficient (Wildman–Crippen LogP) is 0.310. The van der Waals surface area contributed by atoms with Crippen molar-refractivity contribution in [3.8, 4) is 0 Å². The second kappa shape index (κ2) is 6.17. The number of amides is 1. The fourth-order valence-electron chi connectivity index (χ4n) is 1.22. The molecule has 0 unspecified atom stereocenters. The van der Waals surface area contributed by atoms with E-state index in [1.165, 1.54) is 0 Å². The molecule has 0 aliphatic rings. The normalized spacial score (nSPS) is 11.2. The van der Waals surface area contributed by atoms with Crippen LogP contribution in [0.25, 0.3) is 0 Å². The minimum Gasteiger partial charge on any atom is -0.399 e. The molecular weight excluding hydrogens is 322 g/mol. The molecule has 6 nitrogen and oxygen atoms in total. The Morgan fingerprint density at radius 2 is 2.06 bits per heavy atom. The lowest BCUT2D eigenvalue weighted by Crippen LogP contribution is -2.34. The van der Waals surface area contributed by atoms with Gasteiger partial charge in [-0.2, -0.15) is 0 Å². The van der Waals surface area contributed by atoms with Crippen molar-refractivity contribution in [3.63, 3.8) is 0 Å². The lowest BCUT2D eigenvalue weighted by atomic mass is 10.2. The van der Waals surface area contributed by atoms with Crippen LogP contribution >= 0.6 is 15.9 Å². The van der Waals surface area contributed by atoms with Gasteiger partial charge in [0.2, 0.25) is 10.0 Å². The molecule has 1 rings (SSSR count). The number of rotatable bonds is 5. The highest BCUT2D eigenvalue weighted by Gasteiger charge is 2.10. The lowest BCUT2D eigenvalue weighted by molar-refractivity contribution is 0.0953. The quantitative estimate of drug-likeness (QED) is 0.532. The Morgan fingerprint density at radius 1 is 1.39 bits per heavy atom. The summed E-state index contributed by atoms with van der Waals surface area (Å²) in [5, 5.41) is 2.59. The first-order chi connectivity index (χ1) is 8.29. The molecule has 0 aliphatic heterocycles. The third-order valence-corrected chi connectivity index (χ3v) is 3.43. The molecule has 0 saturated heterocycles. The molecule has 1 aromatic carbocycles. The Kier molecular flexibility index (Phi) is 5.12. The molecule has 0 aliphatic carbocycles. The van der Waals surface area contributed by atoms with Gasteiger partial charge >= 0.3 is 0 Å². The average molecular weight is 336 g/mol. The minimum absolute atomic E-state index is 0.143. The molecule has 1 amide bonds. The van der Waals surface area contributed by atoms with Gasteiger partial charge in [0.25, 0.3) is 5.91 Å². The maximum absolute atomic E-state index is 11.8. The second-order valence-electron chi connectivity index (χ2n) is 3.66. The highest BCUT2D eigenvalue weighted by Crippen LogP contribution is 2.19. The number of halogens is 1. The molecule has 18 heavy (non-hydrogen) atoms. The first-order valence-electron chi connectivity index (χ1n) is 5.07. The van der Waals surface area contributed by atoms with Crippen LogP contribution in [0.3, 0.4) is 0 Å². The van der Waals surface area contributed by atoms with Gasteiger partial charge in [0.05, 0.1) is 11.8 Å². The Balaban J connectivity index is 2.53. The molecule has 0 heterocycles. The standard InChI is InChI=1S/C10H14BrN3O3S/c1-18(16,17)14-5-4-13-10(15)8-6-7(12)2-3-9(8)11/h2-3,6,14H,4-5,12H2,1H3,(H,13,15).